The summed E-state index contributed by atoms with van der Waals surface area (Å²) >= 11 is 0. The van der Waals surface area contributed by atoms with E-state index in [0.29, 0.717) is 5.92 Å². The van der Waals surface area contributed by atoms with Crippen molar-refractivity contribution in [2.24, 2.45) is 5.92 Å². The van der Waals surface area contributed by atoms with E-state index in [9.17, 15) is 8.78 Å². The molecule has 1 aromatic rings. The molecule has 1 aliphatic rings. The average Bonchev–Trinajstić information content (AvgIpc) is 2.36. The highest BCUT2D eigenvalue weighted by atomic mass is 19.1. The van der Waals surface area contributed by atoms with Crippen molar-refractivity contribution in [2.45, 2.75) is 45.1 Å². The molecule has 0 aromatic carbocycles. The molecule has 0 amide bonds. The van der Waals surface area contributed by atoms with Gasteiger partial charge in [-0.25, -0.2) is 8.78 Å². The number of ether oxygens (including phenoxy) is 1. The summed E-state index contributed by atoms with van der Waals surface area (Å²) in [6, 6.07) is 0.724. The zero-order chi connectivity index (χ0) is 13.1. The van der Waals surface area contributed by atoms with E-state index in [1.807, 2.05) is 0 Å². The summed E-state index contributed by atoms with van der Waals surface area (Å²) in [5.74, 6) is -1.74. The lowest BCUT2D eigenvalue weighted by Crippen LogP contribution is -2.30. The molecule has 2 atom stereocenters. The zero-order valence-corrected chi connectivity index (χ0v) is 10.5. The summed E-state index contributed by atoms with van der Waals surface area (Å²) in [4.78, 5) is 3.64. The lowest BCUT2D eigenvalue weighted by molar-refractivity contribution is 0.0814. The molecule has 1 fully saturated rings. The fourth-order valence-electron chi connectivity index (χ4n) is 2.48. The first-order chi connectivity index (χ1) is 8.61. The van der Waals surface area contributed by atoms with Crippen LogP contribution in [0.5, 0.6) is 5.88 Å². The van der Waals surface area contributed by atoms with Gasteiger partial charge in [0.05, 0.1) is 0 Å². The van der Waals surface area contributed by atoms with E-state index in [2.05, 4.69) is 11.9 Å². The van der Waals surface area contributed by atoms with Crippen molar-refractivity contribution in [1.82, 2.24) is 4.98 Å². The summed E-state index contributed by atoms with van der Waals surface area (Å²) in [5, 5.41) is 0. The van der Waals surface area contributed by atoms with Crippen molar-refractivity contribution in [2.75, 3.05) is 5.73 Å². The van der Waals surface area contributed by atoms with E-state index < -0.39 is 11.6 Å². The van der Waals surface area contributed by atoms with Crippen LogP contribution in [-0.2, 0) is 0 Å². The highest BCUT2D eigenvalue weighted by Gasteiger charge is 2.27. The van der Waals surface area contributed by atoms with Gasteiger partial charge in [-0.1, -0.05) is 13.3 Å². The molecule has 0 bridgehead atoms. The summed E-state index contributed by atoms with van der Waals surface area (Å²) in [6.07, 6.45) is 5.16. The van der Waals surface area contributed by atoms with Gasteiger partial charge in [-0.05, 0) is 31.6 Å². The molecule has 0 aliphatic heterocycles. The maximum atomic E-state index is 13.5. The Morgan fingerprint density at radius 1 is 1.33 bits per heavy atom. The van der Waals surface area contributed by atoms with Crippen LogP contribution in [0.1, 0.15) is 39.0 Å². The van der Waals surface area contributed by atoms with Crippen molar-refractivity contribution in [3.05, 3.63) is 17.7 Å². The minimum atomic E-state index is -0.851. The average molecular weight is 256 g/mol. The minimum absolute atomic E-state index is 0.0457. The quantitative estimate of drug-likeness (QED) is 0.902. The largest absolute Gasteiger partial charge is 0.472 e. The van der Waals surface area contributed by atoms with Crippen LogP contribution in [0.2, 0.25) is 0 Å². The summed E-state index contributed by atoms with van der Waals surface area (Å²) in [7, 11) is 0. The number of nitrogen functional groups attached to an aromatic ring is 1. The fraction of sp³-hybridized carbons (Fsp3) is 0.615. The summed E-state index contributed by atoms with van der Waals surface area (Å²) in [6.45, 7) is 2.09. The maximum absolute atomic E-state index is 13.5. The Bertz CT molecular complexity index is 426. The second-order valence-corrected chi connectivity index (χ2v) is 4.75. The third-order valence-electron chi connectivity index (χ3n) is 3.55. The second-order valence-electron chi connectivity index (χ2n) is 4.75. The minimum Gasteiger partial charge on any atom is -0.472 e. The Balaban J connectivity index is 2.15. The van der Waals surface area contributed by atoms with Crippen LogP contribution in [0, 0.1) is 17.6 Å². The summed E-state index contributed by atoms with van der Waals surface area (Å²) < 4.78 is 32.1. The molecule has 100 valence electrons. The SMILES string of the molecule is CCC1CCCCC1Oc1nc(N)c(F)cc1F. The number of pyridine rings is 1. The van der Waals surface area contributed by atoms with Crippen LogP contribution in [0.25, 0.3) is 0 Å². The molecule has 0 spiro atoms. The van der Waals surface area contributed by atoms with E-state index in [-0.39, 0.29) is 17.8 Å². The number of anilines is 1. The van der Waals surface area contributed by atoms with E-state index in [1.54, 1.807) is 0 Å². The first kappa shape index (κ1) is 13.1. The second kappa shape index (κ2) is 5.50. The van der Waals surface area contributed by atoms with Crippen LogP contribution < -0.4 is 10.5 Å². The van der Waals surface area contributed by atoms with E-state index in [4.69, 9.17) is 10.5 Å². The molecule has 1 aromatic heterocycles. The van der Waals surface area contributed by atoms with Gasteiger partial charge in [-0.3, -0.25) is 0 Å². The predicted molar refractivity (Wildman–Crippen MR) is 65.2 cm³/mol. The molecule has 2 rings (SSSR count). The van der Waals surface area contributed by atoms with Gasteiger partial charge in [0, 0.05) is 6.07 Å². The van der Waals surface area contributed by atoms with Crippen molar-refractivity contribution in [3.8, 4) is 5.88 Å². The lowest BCUT2D eigenvalue weighted by Gasteiger charge is -2.30. The van der Waals surface area contributed by atoms with Crippen LogP contribution in [-0.4, -0.2) is 11.1 Å². The molecule has 3 nitrogen and oxygen atoms in total. The molecular formula is C13H18F2N2O. The lowest BCUT2D eigenvalue weighted by atomic mass is 9.85. The standard InChI is InChI=1S/C13H18F2N2O/c1-2-8-5-3-4-6-11(8)18-13-10(15)7-9(14)12(16)17-13/h7-8,11H,2-6H2,1H3,(H2,16,17). The fourth-order valence-corrected chi connectivity index (χ4v) is 2.48. The molecule has 1 aliphatic carbocycles. The molecular weight excluding hydrogens is 238 g/mol. The van der Waals surface area contributed by atoms with Gasteiger partial charge in [0.1, 0.15) is 6.10 Å². The van der Waals surface area contributed by atoms with Gasteiger partial charge in [-0.2, -0.15) is 4.98 Å². The predicted octanol–water partition coefficient (Wildman–Crippen LogP) is 3.29. The number of aromatic nitrogens is 1. The van der Waals surface area contributed by atoms with Gasteiger partial charge in [0.25, 0.3) is 5.88 Å². The molecule has 0 saturated heterocycles. The van der Waals surface area contributed by atoms with Gasteiger partial charge < -0.3 is 10.5 Å². The Kier molecular flexibility index (Phi) is 3.99. The number of nitrogens with two attached hydrogens (primary N) is 1. The molecule has 0 radical (unpaired) electrons. The van der Waals surface area contributed by atoms with Crippen molar-refractivity contribution < 1.29 is 13.5 Å². The van der Waals surface area contributed by atoms with Crippen LogP contribution in [0.15, 0.2) is 6.07 Å². The Morgan fingerprint density at radius 2 is 2.06 bits per heavy atom. The third-order valence-corrected chi connectivity index (χ3v) is 3.55. The molecule has 1 heterocycles. The monoisotopic (exact) mass is 256 g/mol. The molecule has 5 heteroatoms. The first-order valence-corrected chi connectivity index (χ1v) is 6.40. The first-order valence-electron chi connectivity index (χ1n) is 6.40. The molecule has 2 unspecified atom stereocenters. The van der Waals surface area contributed by atoms with Crippen LogP contribution in [0.3, 0.4) is 0 Å². The normalized spacial score (nSPS) is 23.9. The van der Waals surface area contributed by atoms with Gasteiger partial charge in [0.15, 0.2) is 17.5 Å². The highest BCUT2D eigenvalue weighted by Crippen LogP contribution is 2.31. The smallest absolute Gasteiger partial charge is 0.252 e. The van der Waals surface area contributed by atoms with Gasteiger partial charge in [-0.15, -0.1) is 0 Å². The van der Waals surface area contributed by atoms with E-state index in [0.717, 1.165) is 31.7 Å². The van der Waals surface area contributed by atoms with Crippen molar-refractivity contribution in [1.29, 1.82) is 0 Å². The van der Waals surface area contributed by atoms with Crippen LogP contribution in [0.4, 0.5) is 14.6 Å². The number of hydrogen-bond donors (Lipinski definition) is 1. The number of halogens is 2. The Morgan fingerprint density at radius 3 is 2.78 bits per heavy atom. The number of nitrogens with zero attached hydrogens (tertiary/aromatic N) is 1. The molecule has 1 saturated carbocycles. The maximum Gasteiger partial charge on any atom is 0.252 e. The molecule has 18 heavy (non-hydrogen) atoms. The Hall–Kier alpha value is -1.39. The zero-order valence-electron chi connectivity index (χ0n) is 10.5. The van der Waals surface area contributed by atoms with E-state index >= 15 is 0 Å². The topological polar surface area (TPSA) is 48.1 Å². The van der Waals surface area contributed by atoms with Crippen LogP contribution >= 0.6 is 0 Å². The highest BCUT2D eigenvalue weighted by molar-refractivity contribution is 5.34. The number of rotatable bonds is 3. The third kappa shape index (κ3) is 2.71. The Labute approximate surface area is 105 Å². The number of hydrogen-bond acceptors (Lipinski definition) is 3. The van der Waals surface area contributed by atoms with Gasteiger partial charge >= 0.3 is 0 Å². The van der Waals surface area contributed by atoms with Crippen molar-refractivity contribution in [3.63, 3.8) is 0 Å². The molecule has 2 N–H and O–H groups in total. The van der Waals surface area contributed by atoms with Crippen molar-refractivity contribution >= 4 is 5.82 Å². The summed E-state index contributed by atoms with van der Waals surface area (Å²) in [5.41, 5.74) is 5.33. The van der Waals surface area contributed by atoms with Gasteiger partial charge in [0.2, 0.25) is 0 Å². The van der Waals surface area contributed by atoms with E-state index in [1.165, 1.54) is 6.42 Å².